The molecule has 1 amide bonds. The zero-order valence-corrected chi connectivity index (χ0v) is 18.9. The number of hydrogen-bond donors (Lipinski definition) is 1. The number of nitrogens with one attached hydrogen (secondary N) is 1. The Morgan fingerprint density at radius 2 is 2.03 bits per heavy atom. The van der Waals surface area contributed by atoms with Gasteiger partial charge in [-0.25, -0.2) is 0 Å². The van der Waals surface area contributed by atoms with Crippen molar-refractivity contribution >= 4 is 29.3 Å². The number of benzene rings is 2. The van der Waals surface area contributed by atoms with Gasteiger partial charge in [-0.15, -0.1) is 10.2 Å². The van der Waals surface area contributed by atoms with Crippen LogP contribution in [0.3, 0.4) is 0 Å². The van der Waals surface area contributed by atoms with E-state index in [-0.39, 0.29) is 17.6 Å². The lowest BCUT2D eigenvalue weighted by molar-refractivity contribution is -0.119. The van der Waals surface area contributed by atoms with E-state index in [1.54, 1.807) is 6.92 Å². The van der Waals surface area contributed by atoms with Crippen molar-refractivity contribution in [3.63, 3.8) is 0 Å². The van der Waals surface area contributed by atoms with Crippen molar-refractivity contribution in [2.24, 2.45) is 5.92 Å². The topological polar surface area (TPSA) is 83.6 Å². The molecule has 8 heteroatoms. The van der Waals surface area contributed by atoms with Crippen molar-refractivity contribution in [3.05, 3.63) is 59.1 Å². The number of nitrogens with zero attached hydrogens (tertiary/aromatic N) is 4. The number of halogens is 1. The van der Waals surface area contributed by atoms with Crippen molar-refractivity contribution in [3.8, 4) is 23.1 Å². The maximum absolute atomic E-state index is 12.6. The number of carbonyl (C=O) groups is 1. The van der Waals surface area contributed by atoms with Gasteiger partial charge in [-0.3, -0.25) is 9.36 Å². The van der Waals surface area contributed by atoms with E-state index in [1.807, 2.05) is 60.0 Å². The molecule has 1 aromatic heterocycles. The Morgan fingerprint density at radius 3 is 2.68 bits per heavy atom. The van der Waals surface area contributed by atoms with E-state index in [2.05, 4.69) is 21.6 Å². The highest BCUT2D eigenvalue weighted by Gasteiger charge is 2.43. The Kier molecular flexibility index (Phi) is 6.03. The summed E-state index contributed by atoms with van der Waals surface area (Å²) >= 11 is 7.37. The zero-order chi connectivity index (χ0) is 22.0. The maximum atomic E-state index is 12.6. The summed E-state index contributed by atoms with van der Waals surface area (Å²) in [6.07, 6.45) is 1.95. The van der Waals surface area contributed by atoms with Gasteiger partial charge in [-0.05, 0) is 62.9 Å². The Balaban J connectivity index is 1.61. The van der Waals surface area contributed by atoms with E-state index >= 15 is 0 Å². The van der Waals surface area contributed by atoms with Gasteiger partial charge in [0.1, 0.15) is 5.54 Å². The third kappa shape index (κ3) is 4.76. The normalized spacial score (nSPS) is 15.2. The van der Waals surface area contributed by atoms with Gasteiger partial charge < -0.3 is 5.32 Å². The fraction of sp³-hybridized carbons (Fsp3) is 0.304. The molecule has 1 heterocycles. The van der Waals surface area contributed by atoms with Crippen LogP contribution in [0.4, 0.5) is 0 Å². The van der Waals surface area contributed by atoms with Crippen molar-refractivity contribution in [1.82, 2.24) is 20.1 Å². The second-order valence-electron chi connectivity index (χ2n) is 7.91. The number of nitriles is 1. The summed E-state index contributed by atoms with van der Waals surface area (Å²) in [6, 6.07) is 17.7. The molecule has 6 nitrogen and oxygen atoms in total. The van der Waals surface area contributed by atoms with Crippen LogP contribution in [0.5, 0.6) is 0 Å². The number of carbonyl (C=O) groups excluding carboxylic acids is 1. The summed E-state index contributed by atoms with van der Waals surface area (Å²) in [7, 11) is 0. The highest BCUT2D eigenvalue weighted by Crippen LogP contribution is 2.39. The number of aromatic nitrogens is 3. The fourth-order valence-electron chi connectivity index (χ4n) is 3.50. The molecule has 2 aromatic carbocycles. The molecule has 1 atom stereocenters. The standard InChI is InChI=1S/C23H22ClN5OS/c1-15-4-3-5-16(12-15)21-27-28-22(29(21)19-10-8-18(24)9-11-19)31-13-20(30)26-23(2,14-25)17-6-7-17/h3-5,8-12,17H,6-7,13H2,1-2H3,(H,26,30). The van der Waals surface area contributed by atoms with Crippen LogP contribution in [0.15, 0.2) is 53.7 Å². The molecule has 0 bridgehead atoms. The lowest BCUT2D eigenvalue weighted by Gasteiger charge is -2.22. The van der Waals surface area contributed by atoms with Crippen LogP contribution in [0.2, 0.25) is 5.02 Å². The van der Waals surface area contributed by atoms with Gasteiger partial charge in [-0.1, -0.05) is 47.1 Å². The Morgan fingerprint density at radius 1 is 1.29 bits per heavy atom. The second-order valence-corrected chi connectivity index (χ2v) is 9.29. The average molecular weight is 452 g/mol. The van der Waals surface area contributed by atoms with Crippen LogP contribution in [-0.2, 0) is 4.79 Å². The van der Waals surface area contributed by atoms with E-state index in [0.717, 1.165) is 29.7 Å². The molecule has 158 valence electrons. The summed E-state index contributed by atoms with van der Waals surface area (Å²) < 4.78 is 1.92. The lowest BCUT2D eigenvalue weighted by Crippen LogP contribution is -2.47. The molecular weight excluding hydrogens is 430 g/mol. The van der Waals surface area contributed by atoms with Gasteiger partial charge in [0.15, 0.2) is 11.0 Å². The summed E-state index contributed by atoms with van der Waals surface area (Å²) in [6.45, 7) is 3.82. The maximum Gasteiger partial charge on any atom is 0.231 e. The molecule has 0 spiro atoms. The fourth-order valence-corrected chi connectivity index (χ4v) is 4.37. The monoisotopic (exact) mass is 451 g/mol. The van der Waals surface area contributed by atoms with Crippen LogP contribution in [0.25, 0.3) is 17.1 Å². The van der Waals surface area contributed by atoms with Crippen molar-refractivity contribution in [1.29, 1.82) is 5.26 Å². The predicted octanol–water partition coefficient (Wildman–Crippen LogP) is 4.80. The molecule has 1 fully saturated rings. The van der Waals surface area contributed by atoms with Gasteiger partial charge in [0.05, 0.1) is 11.8 Å². The number of aryl methyl sites for hydroxylation is 1. The minimum atomic E-state index is -0.811. The highest BCUT2D eigenvalue weighted by atomic mass is 35.5. The molecule has 3 aromatic rings. The number of thioether (sulfide) groups is 1. The Labute approximate surface area is 190 Å². The van der Waals surface area contributed by atoms with Gasteiger partial charge in [-0.2, -0.15) is 5.26 Å². The summed E-state index contributed by atoms with van der Waals surface area (Å²) in [4.78, 5) is 12.6. The molecule has 0 aliphatic heterocycles. The third-order valence-corrected chi connectivity index (χ3v) is 6.53. The molecule has 0 saturated heterocycles. The van der Waals surface area contributed by atoms with E-state index in [0.29, 0.717) is 16.0 Å². The van der Waals surface area contributed by atoms with Crippen LogP contribution in [0, 0.1) is 24.2 Å². The van der Waals surface area contributed by atoms with E-state index in [4.69, 9.17) is 11.6 Å². The predicted molar refractivity (Wildman–Crippen MR) is 122 cm³/mol. The van der Waals surface area contributed by atoms with Crippen molar-refractivity contribution < 1.29 is 4.79 Å². The SMILES string of the molecule is Cc1cccc(-c2nnc(SCC(=O)NC(C)(C#N)C3CC3)n2-c2ccc(Cl)cc2)c1. The van der Waals surface area contributed by atoms with Crippen molar-refractivity contribution in [2.75, 3.05) is 5.75 Å². The molecule has 1 unspecified atom stereocenters. The van der Waals surface area contributed by atoms with Crippen LogP contribution in [0.1, 0.15) is 25.3 Å². The summed E-state index contributed by atoms with van der Waals surface area (Å²) in [5.74, 6) is 0.873. The largest absolute Gasteiger partial charge is 0.337 e. The molecule has 1 aliphatic carbocycles. The average Bonchev–Trinajstić information content (AvgIpc) is 3.53. The van der Waals surface area contributed by atoms with E-state index < -0.39 is 5.54 Å². The molecule has 0 radical (unpaired) electrons. The Hall–Kier alpha value is -2.82. The van der Waals surface area contributed by atoms with Gasteiger partial charge >= 0.3 is 0 Å². The number of hydrogen-bond acceptors (Lipinski definition) is 5. The van der Waals surface area contributed by atoms with Gasteiger partial charge in [0, 0.05) is 16.3 Å². The van der Waals surface area contributed by atoms with Crippen molar-refractivity contribution in [2.45, 2.75) is 37.4 Å². The smallest absolute Gasteiger partial charge is 0.231 e. The third-order valence-electron chi connectivity index (χ3n) is 5.35. The first-order valence-corrected chi connectivity index (χ1v) is 11.4. The second kappa shape index (κ2) is 8.74. The first-order chi connectivity index (χ1) is 14.9. The van der Waals surface area contributed by atoms with Crippen LogP contribution >= 0.6 is 23.4 Å². The summed E-state index contributed by atoms with van der Waals surface area (Å²) in [5.41, 5.74) is 2.10. The lowest BCUT2D eigenvalue weighted by atomic mass is 9.98. The van der Waals surface area contributed by atoms with E-state index in [9.17, 15) is 10.1 Å². The molecule has 1 N–H and O–H groups in total. The minimum absolute atomic E-state index is 0.142. The van der Waals surface area contributed by atoms with Gasteiger partial charge in [0.2, 0.25) is 5.91 Å². The molecule has 4 rings (SSSR count). The Bertz CT molecular complexity index is 1150. The molecule has 1 saturated carbocycles. The van der Waals surface area contributed by atoms with Crippen LogP contribution in [-0.4, -0.2) is 32.0 Å². The molecular formula is C23H22ClN5OS. The van der Waals surface area contributed by atoms with Gasteiger partial charge in [0.25, 0.3) is 0 Å². The minimum Gasteiger partial charge on any atom is -0.337 e. The quantitative estimate of drug-likeness (QED) is 0.522. The first kappa shape index (κ1) is 21.4. The number of rotatable bonds is 7. The summed E-state index contributed by atoms with van der Waals surface area (Å²) in [5, 5.41) is 22.4. The highest BCUT2D eigenvalue weighted by molar-refractivity contribution is 7.99. The number of amides is 1. The molecule has 1 aliphatic rings. The van der Waals surface area contributed by atoms with E-state index in [1.165, 1.54) is 11.8 Å². The first-order valence-electron chi connectivity index (χ1n) is 10.0. The van der Waals surface area contributed by atoms with Crippen LogP contribution < -0.4 is 5.32 Å². The molecule has 31 heavy (non-hydrogen) atoms. The zero-order valence-electron chi connectivity index (χ0n) is 17.3.